The first kappa shape index (κ1) is 18.1. The summed E-state index contributed by atoms with van der Waals surface area (Å²) in [6.07, 6.45) is 2.50. The van der Waals surface area contributed by atoms with Gasteiger partial charge in [0, 0.05) is 18.3 Å². The number of hydrogen-bond acceptors (Lipinski definition) is 4. The Balaban J connectivity index is 1.75. The van der Waals surface area contributed by atoms with Gasteiger partial charge in [0.25, 0.3) is 0 Å². The molecule has 0 aliphatic carbocycles. The molecular weight excluding hydrogens is 365 g/mol. The van der Waals surface area contributed by atoms with Gasteiger partial charge in [-0.25, -0.2) is 0 Å². The van der Waals surface area contributed by atoms with Gasteiger partial charge in [-0.2, -0.15) is 0 Å². The van der Waals surface area contributed by atoms with Crippen LogP contribution in [0.1, 0.15) is 44.0 Å². The third-order valence-corrected chi connectivity index (χ3v) is 5.80. The lowest BCUT2D eigenvalue weighted by Crippen LogP contribution is -2.18. The Hall–Kier alpha value is -0.750. The Morgan fingerprint density at radius 2 is 2.12 bits per heavy atom. The van der Waals surface area contributed by atoms with Crippen molar-refractivity contribution in [1.82, 2.24) is 14.8 Å². The maximum absolute atomic E-state index is 6.09. The lowest BCUT2D eigenvalue weighted by Gasteiger charge is -2.16. The van der Waals surface area contributed by atoms with Crippen LogP contribution in [0, 0.1) is 0 Å². The Bertz CT molecular complexity index is 699. The number of ether oxygens (including phenoxy) is 1. The van der Waals surface area contributed by atoms with Crippen molar-refractivity contribution in [3.8, 4) is 0 Å². The lowest BCUT2D eigenvalue weighted by molar-refractivity contribution is 0.0940. The van der Waals surface area contributed by atoms with E-state index < -0.39 is 0 Å². The number of aromatic nitrogens is 3. The van der Waals surface area contributed by atoms with Crippen LogP contribution in [0.2, 0.25) is 10.0 Å². The van der Waals surface area contributed by atoms with Gasteiger partial charge in [0.2, 0.25) is 0 Å². The summed E-state index contributed by atoms with van der Waals surface area (Å²) in [6.45, 7) is 5.96. The molecule has 1 aliphatic rings. The van der Waals surface area contributed by atoms with E-state index in [0.717, 1.165) is 48.3 Å². The van der Waals surface area contributed by atoms with Gasteiger partial charge in [0.1, 0.15) is 5.82 Å². The van der Waals surface area contributed by atoms with E-state index in [1.807, 2.05) is 18.2 Å². The average molecular weight is 386 g/mol. The molecule has 1 aromatic heterocycles. The fourth-order valence-electron chi connectivity index (χ4n) is 2.77. The zero-order valence-electron chi connectivity index (χ0n) is 13.8. The molecule has 7 heteroatoms. The second-order valence-corrected chi connectivity index (χ2v) is 8.04. The molecule has 24 heavy (non-hydrogen) atoms. The van der Waals surface area contributed by atoms with Crippen molar-refractivity contribution in [2.24, 2.45) is 0 Å². The van der Waals surface area contributed by atoms with E-state index in [1.165, 1.54) is 0 Å². The number of benzene rings is 1. The molecule has 1 atom stereocenters. The largest absolute Gasteiger partial charge is 0.376 e. The molecule has 0 N–H and O–H groups in total. The molecule has 0 bridgehead atoms. The summed E-state index contributed by atoms with van der Waals surface area (Å²) in [5.41, 5.74) is 1.12. The van der Waals surface area contributed by atoms with E-state index in [4.69, 9.17) is 27.9 Å². The zero-order chi connectivity index (χ0) is 17.1. The Kier molecular flexibility index (Phi) is 6.08. The number of nitrogens with zero attached hydrogens (tertiary/aromatic N) is 3. The summed E-state index contributed by atoms with van der Waals surface area (Å²) >= 11 is 13.7. The number of thioether (sulfide) groups is 1. The van der Waals surface area contributed by atoms with Crippen molar-refractivity contribution in [1.29, 1.82) is 0 Å². The zero-order valence-corrected chi connectivity index (χ0v) is 16.2. The van der Waals surface area contributed by atoms with Crippen LogP contribution in [0.4, 0.5) is 0 Å². The highest BCUT2D eigenvalue weighted by Crippen LogP contribution is 2.29. The molecule has 3 rings (SSSR count). The Labute approximate surface area is 156 Å². The smallest absolute Gasteiger partial charge is 0.191 e. The molecule has 0 unspecified atom stereocenters. The first-order valence-electron chi connectivity index (χ1n) is 8.16. The second kappa shape index (κ2) is 8.09. The van der Waals surface area contributed by atoms with Crippen LogP contribution in [0.3, 0.4) is 0 Å². The third kappa shape index (κ3) is 4.26. The lowest BCUT2D eigenvalue weighted by atomic mass is 10.2. The summed E-state index contributed by atoms with van der Waals surface area (Å²) < 4.78 is 8.00. The minimum atomic E-state index is 0.267. The molecule has 2 heterocycles. The summed E-state index contributed by atoms with van der Waals surface area (Å²) in [6, 6.07) is 5.73. The fraction of sp³-hybridized carbons (Fsp3) is 0.529. The minimum Gasteiger partial charge on any atom is -0.376 e. The van der Waals surface area contributed by atoms with Gasteiger partial charge in [0.15, 0.2) is 5.16 Å². The van der Waals surface area contributed by atoms with Gasteiger partial charge in [-0.1, -0.05) is 54.9 Å². The summed E-state index contributed by atoms with van der Waals surface area (Å²) in [5.74, 6) is 2.12. The van der Waals surface area contributed by atoms with Crippen LogP contribution in [0.15, 0.2) is 23.4 Å². The van der Waals surface area contributed by atoms with Crippen molar-refractivity contribution >= 4 is 35.0 Å². The molecule has 0 spiro atoms. The summed E-state index contributed by atoms with van der Waals surface area (Å²) in [5, 5.41) is 10.9. The average Bonchev–Trinajstić information content (AvgIpc) is 3.19. The van der Waals surface area contributed by atoms with E-state index in [1.54, 1.807) is 11.8 Å². The normalized spacial score (nSPS) is 17.8. The number of rotatable bonds is 6. The first-order valence-corrected chi connectivity index (χ1v) is 9.90. The van der Waals surface area contributed by atoms with Crippen LogP contribution in [0.5, 0.6) is 0 Å². The topological polar surface area (TPSA) is 39.9 Å². The van der Waals surface area contributed by atoms with Crippen molar-refractivity contribution in [3.05, 3.63) is 39.6 Å². The maximum Gasteiger partial charge on any atom is 0.191 e. The first-order chi connectivity index (χ1) is 11.5. The molecular formula is C17H21Cl2N3OS. The van der Waals surface area contributed by atoms with Gasteiger partial charge in [0.05, 0.1) is 22.7 Å². The monoisotopic (exact) mass is 385 g/mol. The van der Waals surface area contributed by atoms with E-state index >= 15 is 0 Å². The molecule has 130 valence electrons. The molecule has 4 nitrogen and oxygen atoms in total. The minimum absolute atomic E-state index is 0.267. The van der Waals surface area contributed by atoms with E-state index in [2.05, 4.69) is 28.6 Å². The summed E-state index contributed by atoms with van der Waals surface area (Å²) in [7, 11) is 0. The fourth-order valence-corrected chi connectivity index (χ4v) is 3.99. The number of halogens is 2. The Morgan fingerprint density at radius 1 is 1.29 bits per heavy atom. The second-order valence-electron chi connectivity index (χ2n) is 6.28. The number of hydrogen-bond donors (Lipinski definition) is 0. The van der Waals surface area contributed by atoms with Gasteiger partial charge in [-0.05, 0) is 30.5 Å². The molecule has 1 aliphatic heterocycles. The van der Waals surface area contributed by atoms with Crippen LogP contribution >= 0.6 is 35.0 Å². The Morgan fingerprint density at radius 3 is 2.79 bits per heavy atom. The molecule has 1 saturated heterocycles. The molecule has 1 aromatic carbocycles. The quantitative estimate of drug-likeness (QED) is 0.642. The summed E-state index contributed by atoms with van der Waals surface area (Å²) in [4.78, 5) is 0. The third-order valence-electron chi connectivity index (χ3n) is 4.02. The van der Waals surface area contributed by atoms with Gasteiger partial charge >= 0.3 is 0 Å². The van der Waals surface area contributed by atoms with E-state index in [0.29, 0.717) is 16.0 Å². The SMILES string of the molecule is CC(C)c1nnc(SCc2ccc(Cl)c(Cl)c2)n1C[C@@H]1CCCO1. The standard InChI is InChI=1S/C17H21Cl2N3OS/c1-11(2)16-20-21-17(22(16)9-13-4-3-7-23-13)24-10-12-5-6-14(18)15(19)8-12/h5-6,8,11,13H,3-4,7,9-10H2,1-2H3/t13-/m0/s1. The van der Waals surface area contributed by atoms with Crippen molar-refractivity contribution in [2.45, 2.75) is 56.2 Å². The van der Waals surface area contributed by atoms with Crippen molar-refractivity contribution in [3.63, 3.8) is 0 Å². The molecule has 0 saturated carbocycles. The maximum atomic E-state index is 6.09. The van der Waals surface area contributed by atoms with Crippen LogP contribution in [0.25, 0.3) is 0 Å². The van der Waals surface area contributed by atoms with E-state index in [9.17, 15) is 0 Å². The molecule has 2 aromatic rings. The highest BCUT2D eigenvalue weighted by Gasteiger charge is 2.22. The van der Waals surface area contributed by atoms with Crippen LogP contribution in [-0.2, 0) is 17.0 Å². The van der Waals surface area contributed by atoms with Crippen LogP contribution in [-0.4, -0.2) is 27.5 Å². The van der Waals surface area contributed by atoms with Gasteiger partial charge in [-0.15, -0.1) is 10.2 Å². The van der Waals surface area contributed by atoms with Crippen molar-refractivity contribution in [2.75, 3.05) is 6.61 Å². The molecule has 0 radical (unpaired) electrons. The highest BCUT2D eigenvalue weighted by molar-refractivity contribution is 7.98. The predicted octanol–water partition coefficient (Wildman–Crippen LogP) is 5.18. The van der Waals surface area contributed by atoms with E-state index in [-0.39, 0.29) is 6.10 Å². The van der Waals surface area contributed by atoms with Crippen molar-refractivity contribution < 1.29 is 4.74 Å². The molecule has 1 fully saturated rings. The predicted molar refractivity (Wildman–Crippen MR) is 99.1 cm³/mol. The van der Waals surface area contributed by atoms with Gasteiger partial charge < -0.3 is 9.30 Å². The highest BCUT2D eigenvalue weighted by atomic mass is 35.5. The van der Waals surface area contributed by atoms with Gasteiger partial charge in [-0.3, -0.25) is 0 Å². The molecule has 0 amide bonds. The van der Waals surface area contributed by atoms with Crippen LogP contribution < -0.4 is 0 Å².